The third-order valence-electron chi connectivity index (χ3n) is 2.35. The summed E-state index contributed by atoms with van der Waals surface area (Å²) in [5.41, 5.74) is 7.20. The number of aromatic nitrogens is 2. The number of Topliss-reactive ketones (excluding diaryl/α,β-unsaturated/α-hetero) is 1. The van der Waals surface area contributed by atoms with Gasteiger partial charge in [-0.2, -0.15) is 0 Å². The lowest BCUT2D eigenvalue weighted by atomic mass is 10.0. The molecule has 16 heavy (non-hydrogen) atoms. The number of nitrogens with one attached hydrogen (secondary N) is 2. The number of hydrogen-bond acceptors (Lipinski definition) is 3. The first-order chi connectivity index (χ1) is 7.56. The fraction of sp³-hybridized carbons (Fsp3) is 0.273. The van der Waals surface area contributed by atoms with Crippen molar-refractivity contribution >= 4 is 16.8 Å². The Balaban J connectivity index is 2.38. The number of hydrogen-bond donors (Lipinski definition) is 3. The van der Waals surface area contributed by atoms with Gasteiger partial charge in [0.25, 0.3) is 0 Å². The van der Waals surface area contributed by atoms with E-state index in [0.717, 1.165) is 0 Å². The summed E-state index contributed by atoms with van der Waals surface area (Å²) in [5, 5.41) is 0. The molecule has 84 valence electrons. The standard InChI is InChI=1S/C11H13N3O2/c1-6(12)4-10(15)7-2-3-8-9(5-7)14-11(16)13-8/h2-3,5-6H,4,12H2,1H3,(H2,13,14,16). The number of aromatic amines is 2. The molecule has 0 saturated heterocycles. The molecule has 4 N–H and O–H groups in total. The molecular formula is C11H13N3O2. The molecule has 0 amide bonds. The smallest absolute Gasteiger partial charge is 0.323 e. The van der Waals surface area contributed by atoms with Crippen molar-refractivity contribution < 1.29 is 4.79 Å². The van der Waals surface area contributed by atoms with Gasteiger partial charge in [0.2, 0.25) is 0 Å². The van der Waals surface area contributed by atoms with E-state index in [2.05, 4.69) is 9.97 Å². The highest BCUT2D eigenvalue weighted by atomic mass is 16.1. The third-order valence-corrected chi connectivity index (χ3v) is 2.35. The summed E-state index contributed by atoms with van der Waals surface area (Å²) in [6.07, 6.45) is 0.306. The van der Waals surface area contributed by atoms with Crippen LogP contribution in [0.3, 0.4) is 0 Å². The normalized spacial score (nSPS) is 12.9. The summed E-state index contributed by atoms with van der Waals surface area (Å²) >= 11 is 0. The summed E-state index contributed by atoms with van der Waals surface area (Å²) in [7, 11) is 0. The number of carbonyl (C=O) groups excluding carboxylic acids is 1. The van der Waals surface area contributed by atoms with Crippen LogP contribution in [0.1, 0.15) is 23.7 Å². The summed E-state index contributed by atoms with van der Waals surface area (Å²) in [4.78, 5) is 28.0. The van der Waals surface area contributed by atoms with Crippen LogP contribution < -0.4 is 11.4 Å². The highest BCUT2D eigenvalue weighted by Crippen LogP contribution is 2.12. The molecule has 1 aromatic heterocycles. The Morgan fingerprint density at radius 1 is 1.38 bits per heavy atom. The van der Waals surface area contributed by atoms with Gasteiger partial charge in [-0.15, -0.1) is 0 Å². The molecule has 2 aromatic rings. The van der Waals surface area contributed by atoms with Crippen LogP contribution in [0.25, 0.3) is 11.0 Å². The van der Waals surface area contributed by atoms with Gasteiger partial charge >= 0.3 is 5.69 Å². The monoisotopic (exact) mass is 219 g/mol. The molecule has 0 aliphatic carbocycles. The lowest BCUT2D eigenvalue weighted by Gasteiger charge is -2.03. The molecule has 0 saturated carbocycles. The largest absolute Gasteiger partial charge is 0.328 e. The summed E-state index contributed by atoms with van der Waals surface area (Å²) in [5.74, 6) is -0.0149. The summed E-state index contributed by atoms with van der Waals surface area (Å²) in [6.45, 7) is 1.79. The zero-order valence-corrected chi connectivity index (χ0v) is 8.91. The molecule has 1 unspecified atom stereocenters. The van der Waals surface area contributed by atoms with Crippen molar-refractivity contribution in [3.63, 3.8) is 0 Å². The van der Waals surface area contributed by atoms with E-state index in [-0.39, 0.29) is 17.5 Å². The second-order valence-corrected chi connectivity index (χ2v) is 3.94. The molecule has 1 aromatic carbocycles. The second-order valence-electron chi connectivity index (χ2n) is 3.94. The van der Waals surface area contributed by atoms with Crippen LogP contribution in [0, 0.1) is 0 Å². The fourth-order valence-electron chi connectivity index (χ4n) is 1.62. The van der Waals surface area contributed by atoms with E-state index in [1.165, 1.54) is 0 Å². The quantitative estimate of drug-likeness (QED) is 0.666. The van der Waals surface area contributed by atoms with Crippen LogP contribution in [0.4, 0.5) is 0 Å². The highest BCUT2D eigenvalue weighted by molar-refractivity contribution is 5.99. The molecular weight excluding hydrogens is 206 g/mol. The van der Waals surface area contributed by atoms with Gasteiger partial charge < -0.3 is 15.7 Å². The maximum absolute atomic E-state index is 11.7. The average Bonchev–Trinajstić information content (AvgIpc) is 2.55. The van der Waals surface area contributed by atoms with E-state index >= 15 is 0 Å². The molecule has 2 rings (SSSR count). The van der Waals surface area contributed by atoms with Crippen LogP contribution in [0.5, 0.6) is 0 Å². The lowest BCUT2D eigenvalue weighted by molar-refractivity contribution is 0.0976. The molecule has 5 nitrogen and oxygen atoms in total. The maximum atomic E-state index is 11.7. The van der Waals surface area contributed by atoms with Crippen molar-refractivity contribution in [2.24, 2.45) is 5.73 Å². The first-order valence-electron chi connectivity index (χ1n) is 5.07. The van der Waals surface area contributed by atoms with E-state index in [0.29, 0.717) is 23.0 Å². The van der Waals surface area contributed by atoms with Gasteiger partial charge in [0.05, 0.1) is 11.0 Å². The Labute approximate surface area is 91.7 Å². The van der Waals surface area contributed by atoms with Gasteiger partial charge in [0.1, 0.15) is 0 Å². The lowest BCUT2D eigenvalue weighted by Crippen LogP contribution is -2.19. The van der Waals surface area contributed by atoms with Gasteiger partial charge in [-0.1, -0.05) is 0 Å². The Hall–Kier alpha value is -1.88. The molecule has 1 heterocycles. The van der Waals surface area contributed by atoms with E-state index in [4.69, 9.17) is 5.73 Å². The van der Waals surface area contributed by atoms with Gasteiger partial charge in [-0.25, -0.2) is 4.79 Å². The molecule has 0 radical (unpaired) electrons. The molecule has 0 fully saturated rings. The van der Waals surface area contributed by atoms with Crippen molar-refractivity contribution in [1.29, 1.82) is 0 Å². The third kappa shape index (κ3) is 2.04. The number of carbonyl (C=O) groups is 1. The molecule has 0 aliphatic heterocycles. The van der Waals surface area contributed by atoms with Crippen molar-refractivity contribution in [3.8, 4) is 0 Å². The zero-order chi connectivity index (χ0) is 11.7. The fourth-order valence-corrected chi connectivity index (χ4v) is 1.62. The Morgan fingerprint density at radius 3 is 2.75 bits per heavy atom. The van der Waals surface area contributed by atoms with E-state index < -0.39 is 0 Å². The number of imidazole rings is 1. The predicted molar refractivity (Wildman–Crippen MR) is 61.5 cm³/mol. The molecule has 0 aliphatic rings. The van der Waals surface area contributed by atoms with Crippen molar-refractivity contribution in [2.75, 3.05) is 0 Å². The van der Waals surface area contributed by atoms with E-state index in [9.17, 15) is 9.59 Å². The number of fused-ring (bicyclic) bond motifs is 1. The summed E-state index contributed by atoms with van der Waals surface area (Å²) in [6, 6.07) is 4.91. The van der Waals surface area contributed by atoms with Gasteiger partial charge in [0, 0.05) is 18.0 Å². The Bertz CT molecular complexity index is 580. The summed E-state index contributed by atoms with van der Waals surface area (Å²) < 4.78 is 0. The van der Waals surface area contributed by atoms with Crippen LogP contribution in [-0.2, 0) is 0 Å². The number of nitrogens with two attached hydrogens (primary N) is 1. The van der Waals surface area contributed by atoms with Gasteiger partial charge in [0.15, 0.2) is 5.78 Å². The number of ketones is 1. The number of benzene rings is 1. The van der Waals surface area contributed by atoms with Crippen molar-refractivity contribution in [3.05, 3.63) is 34.2 Å². The van der Waals surface area contributed by atoms with Crippen molar-refractivity contribution in [2.45, 2.75) is 19.4 Å². The number of H-pyrrole nitrogens is 2. The molecule has 0 bridgehead atoms. The zero-order valence-electron chi connectivity index (χ0n) is 8.91. The van der Waals surface area contributed by atoms with Crippen LogP contribution in [0.2, 0.25) is 0 Å². The topological polar surface area (TPSA) is 91.7 Å². The minimum Gasteiger partial charge on any atom is -0.328 e. The first-order valence-corrected chi connectivity index (χ1v) is 5.07. The molecule has 1 atom stereocenters. The Kier molecular flexibility index (Phi) is 2.62. The minimum absolute atomic E-state index is 0.0149. The first kappa shape index (κ1) is 10.6. The SMILES string of the molecule is CC(N)CC(=O)c1ccc2[nH]c(=O)[nH]c2c1. The van der Waals surface area contributed by atoms with Crippen LogP contribution >= 0.6 is 0 Å². The average molecular weight is 219 g/mol. The van der Waals surface area contributed by atoms with Gasteiger partial charge in [-0.3, -0.25) is 4.79 Å². The highest BCUT2D eigenvalue weighted by Gasteiger charge is 2.09. The van der Waals surface area contributed by atoms with Gasteiger partial charge in [-0.05, 0) is 25.1 Å². The van der Waals surface area contributed by atoms with Crippen LogP contribution in [-0.4, -0.2) is 21.8 Å². The molecule has 5 heteroatoms. The number of rotatable bonds is 3. The second kappa shape index (κ2) is 3.94. The van der Waals surface area contributed by atoms with E-state index in [1.54, 1.807) is 25.1 Å². The maximum Gasteiger partial charge on any atom is 0.323 e. The van der Waals surface area contributed by atoms with Crippen LogP contribution in [0.15, 0.2) is 23.0 Å². The predicted octanol–water partition coefficient (Wildman–Crippen LogP) is 0.776. The van der Waals surface area contributed by atoms with Crippen molar-refractivity contribution in [1.82, 2.24) is 9.97 Å². The van der Waals surface area contributed by atoms with E-state index in [1.807, 2.05) is 0 Å². The Morgan fingerprint density at radius 2 is 2.06 bits per heavy atom. The molecule has 0 spiro atoms. The minimum atomic E-state index is -0.271.